The van der Waals surface area contributed by atoms with Gasteiger partial charge in [-0.05, 0) is 57.8 Å². The standard InChI is InChI=1S/C56H108N3O33P3/c1-38(63)57-44-50(69)47(66)41(32-60)90-53(44)81-23-11-5-8-14-26-84-93(72,73)87-29-17-20-78-35-56(4,36-79-21-18-30-88-94(74,75)85-27-15-9-6-12-24-82-54-45(58-39(2)64)51(70)48(67)42(33-61)91-54)37-80-22-19-31-89-95(76,77)86-28-16-10-7-13-25-83-55-46(59-40(3)65)52(71)49(68)43(34-62)92-55/h41-55,60-62,66-71H,5-37H2,1-4H3,(H,57,63)(H,58,64)(H,59,65)(H,72,73)(H,74,75)(H,76,77)/t41?,42?,43?,44-,45-,46?,47-,48-,49-,50?,51?,52+,53+,54+,55+,56?/m0/s1. The van der Waals surface area contributed by atoms with Gasteiger partial charge in [0.15, 0.2) is 18.9 Å². The number of phosphoric acid groups is 3. The van der Waals surface area contributed by atoms with Gasteiger partial charge in [0.1, 0.15) is 73.1 Å². The van der Waals surface area contributed by atoms with E-state index in [9.17, 15) is 88.7 Å². The molecule has 0 aliphatic carbocycles. The molecule has 0 spiro atoms. The van der Waals surface area contributed by atoms with Crippen molar-refractivity contribution in [1.29, 1.82) is 0 Å². The molecule has 95 heavy (non-hydrogen) atoms. The molecule has 0 aromatic heterocycles. The molecule has 3 heterocycles. The predicted octanol–water partition coefficient (Wildman–Crippen LogP) is -0.824. The predicted molar refractivity (Wildman–Crippen MR) is 329 cm³/mol. The fourth-order valence-corrected chi connectivity index (χ4v) is 12.2. The van der Waals surface area contributed by atoms with Crippen LogP contribution in [0.1, 0.15) is 124 Å². The second kappa shape index (κ2) is 47.3. The van der Waals surface area contributed by atoms with Crippen LogP contribution in [0, 0.1) is 5.41 Å². The van der Waals surface area contributed by atoms with E-state index in [0.29, 0.717) is 77.0 Å². The number of carbonyl (C=O) groups excluding carboxylic acids is 3. The molecule has 9 unspecified atom stereocenters. The number of hydrogen-bond donors (Lipinski definition) is 15. The SMILES string of the molecule is CC(=O)NC1[C@H](OCCCCCCOP(=O)(O)OCCCOCC(C)(COCCCOP(=O)(O)OCCCCCCO[C@@H]2OC(CO)[C@H](O)C(O)[C@@H]2NC(C)=O)COCCCOP(=O)(O)OCCCCCCO[C@@H]2OC(CO)[C@H](O)C(O)[C@@H]2NC(C)=O)OC(CO)[C@H](O)[C@@H]1O. The molecule has 0 bridgehead atoms. The van der Waals surface area contributed by atoms with Crippen LogP contribution in [0.2, 0.25) is 0 Å². The number of aliphatic hydroxyl groups is 9. The Labute approximate surface area is 554 Å². The third-order valence-corrected chi connectivity index (χ3v) is 17.9. The van der Waals surface area contributed by atoms with E-state index in [0.717, 1.165) is 0 Å². The highest BCUT2D eigenvalue weighted by atomic mass is 31.2. The lowest BCUT2D eigenvalue weighted by molar-refractivity contribution is -0.270. The third kappa shape index (κ3) is 35.5. The molecule has 15 N–H and O–H groups in total. The fraction of sp³-hybridized carbons (Fsp3) is 0.946. The summed E-state index contributed by atoms with van der Waals surface area (Å²) in [5.74, 6) is -1.44. The maximum absolute atomic E-state index is 12.6. The number of unbranched alkanes of at least 4 members (excludes halogenated alkanes) is 9. The van der Waals surface area contributed by atoms with Gasteiger partial charge in [-0.3, -0.25) is 41.5 Å². The van der Waals surface area contributed by atoms with E-state index in [1.807, 2.05) is 6.92 Å². The minimum absolute atomic E-state index is 0.0674. The van der Waals surface area contributed by atoms with Crippen LogP contribution in [0.15, 0.2) is 0 Å². The zero-order chi connectivity index (χ0) is 70.5. The van der Waals surface area contributed by atoms with Crippen molar-refractivity contribution in [1.82, 2.24) is 16.0 Å². The Morgan fingerprint density at radius 2 is 0.579 bits per heavy atom. The molecule has 3 amide bonds. The quantitative estimate of drug-likeness (QED) is 0.0261. The summed E-state index contributed by atoms with van der Waals surface area (Å²) in [7, 11) is -13.2. The first-order valence-electron chi connectivity index (χ1n) is 32.2. The first-order chi connectivity index (χ1) is 45.1. The average molecular weight is 1440 g/mol. The Kier molecular flexibility index (Phi) is 43.4. The Morgan fingerprint density at radius 1 is 0.358 bits per heavy atom. The van der Waals surface area contributed by atoms with E-state index in [1.54, 1.807) is 0 Å². The number of carbonyl (C=O) groups is 3. The average Bonchev–Trinajstić information content (AvgIpc) is 0.825. The minimum Gasteiger partial charge on any atom is -0.394 e. The Hall–Kier alpha value is -1.98. The molecule has 18 atom stereocenters. The molecular formula is C56H108N3O33P3. The highest BCUT2D eigenvalue weighted by Gasteiger charge is 2.48. The summed E-state index contributed by atoms with van der Waals surface area (Å²) in [6.07, 6.45) is -8.42. The molecule has 560 valence electrons. The highest BCUT2D eigenvalue weighted by molar-refractivity contribution is 7.47. The van der Waals surface area contributed by atoms with E-state index in [4.69, 9.17) is 69.8 Å². The van der Waals surface area contributed by atoms with Crippen molar-refractivity contribution >= 4 is 41.2 Å². The van der Waals surface area contributed by atoms with Crippen molar-refractivity contribution in [2.75, 3.05) is 119 Å². The van der Waals surface area contributed by atoms with Crippen LogP contribution >= 0.6 is 23.5 Å². The van der Waals surface area contributed by atoms with Crippen LogP contribution in [0.3, 0.4) is 0 Å². The van der Waals surface area contributed by atoms with Crippen LogP contribution in [-0.4, -0.2) is 289 Å². The first-order valence-corrected chi connectivity index (χ1v) is 36.7. The van der Waals surface area contributed by atoms with E-state index < -0.39 is 158 Å². The van der Waals surface area contributed by atoms with Gasteiger partial charge in [-0.2, -0.15) is 0 Å². The Balaban J connectivity index is 1.36. The number of hydrogen-bond acceptors (Lipinski definition) is 30. The molecule has 0 saturated carbocycles. The summed E-state index contributed by atoms with van der Waals surface area (Å²) in [4.78, 5) is 65.7. The van der Waals surface area contributed by atoms with E-state index in [-0.39, 0.29) is 118 Å². The van der Waals surface area contributed by atoms with Crippen molar-refractivity contribution in [3.63, 3.8) is 0 Å². The number of nitrogens with one attached hydrogen (secondary N) is 3. The lowest BCUT2D eigenvalue weighted by Gasteiger charge is -2.42. The summed E-state index contributed by atoms with van der Waals surface area (Å²) < 4.78 is 120. The van der Waals surface area contributed by atoms with Gasteiger partial charge >= 0.3 is 23.5 Å². The third-order valence-electron chi connectivity index (χ3n) is 14.9. The monoisotopic (exact) mass is 1440 g/mol. The largest absolute Gasteiger partial charge is 0.472 e. The van der Waals surface area contributed by atoms with Gasteiger partial charge in [0.25, 0.3) is 0 Å². The van der Waals surface area contributed by atoms with Gasteiger partial charge in [-0.25, -0.2) is 13.7 Å². The topological polar surface area (TPSA) is 520 Å². The molecule has 36 nitrogen and oxygen atoms in total. The lowest BCUT2D eigenvalue weighted by atomic mass is 9.94. The van der Waals surface area contributed by atoms with Gasteiger partial charge in [-0.15, -0.1) is 0 Å². The summed E-state index contributed by atoms with van der Waals surface area (Å²) in [6, 6.07) is -3.19. The van der Waals surface area contributed by atoms with Gasteiger partial charge in [0.2, 0.25) is 17.7 Å². The van der Waals surface area contributed by atoms with Gasteiger partial charge in [0, 0.05) is 65.8 Å². The van der Waals surface area contributed by atoms with Crippen molar-refractivity contribution in [2.24, 2.45) is 5.41 Å². The molecule has 0 radical (unpaired) electrons. The minimum atomic E-state index is -4.41. The molecule has 39 heteroatoms. The van der Waals surface area contributed by atoms with Crippen molar-refractivity contribution in [2.45, 2.75) is 216 Å². The second-order valence-electron chi connectivity index (χ2n) is 23.6. The van der Waals surface area contributed by atoms with E-state index in [2.05, 4.69) is 16.0 Å². The maximum Gasteiger partial charge on any atom is 0.472 e. The maximum atomic E-state index is 12.6. The zero-order valence-corrected chi connectivity index (χ0v) is 57.5. The molecule has 3 rings (SSSR count). The molecule has 3 aliphatic heterocycles. The number of ether oxygens (including phenoxy) is 9. The number of phosphoric ester groups is 3. The lowest BCUT2D eigenvalue weighted by Crippen LogP contribution is -2.64. The van der Waals surface area contributed by atoms with Crippen LogP contribution in [0.5, 0.6) is 0 Å². The van der Waals surface area contributed by atoms with Gasteiger partial charge < -0.3 is 119 Å². The van der Waals surface area contributed by atoms with Crippen LogP contribution in [0.4, 0.5) is 0 Å². The van der Waals surface area contributed by atoms with Crippen molar-refractivity contribution in [3.05, 3.63) is 0 Å². The number of aliphatic hydroxyl groups excluding tert-OH is 9. The summed E-state index contributed by atoms with van der Waals surface area (Å²) in [6.45, 7) is 3.86. The van der Waals surface area contributed by atoms with E-state index in [1.165, 1.54) is 20.8 Å². The number of amides is 3. The summed E-state index contributed by atoms with van der Waals surface area (Å²) >= 11 is 0. The normalized spacial score (nSPS) is 29.0. The summed E-state index contributed by atoms with van der Waals surface area (Å²) in [5.41, 5.74) is -0.803. The second-order valence-corrected chi connectivity index (χ2v) is 27.9. The Bertz CT molecular complexity index is 2020. The molecule has 0 aromatic rings. The summed E-state index contributed by atoms with van der Waals surface area (Å²) in [5, 5.41) is 97.8. The molecule has 3 aliphatic rings. The first kappa shape index (κ1) is 87.2. The van der Waals surface area contributed by atoms with Crippen LogP contribution in [-0.2, 0) is 97.9 Å². The molecule has 3 saturated heterocycles. The highest BCUT2D eigenvalue weighted by Crippen LogP contribution is 2.45. The molecular weight excluding hydrogens is 1340 g/mol. The van der Waals surface area contributed by atoms with Crippen molar-refractivity contribution in [3.8, 4) is 0 Å². The molecule has 3 fully saturated rings. The van der Waals surface area contributed by atoms with Gasteiger partial charge in [-0.1, -0.05) is 45.4 Å². The van der Waals surface area contributed by atoms with Crippen LogP contribution in [0.25, 0.3) is 0 Å². The van der Waals surface area contributed by atoms with Crippen LogP contribution < -0.4 is 16.0 Å². The van der Waals surface area contributed by atoms with E-state index >= 15 is 0 Å². The van der Waals surface area contributed by atoms with Crippen molar-refractivity contribution < 1.29 is 158 Å². The van der Waals surface area contributed by atoms with Gasteiger partial charge in [0.05, 0.1) is 79.3 Å². The number of rotatable bonds is 54. The smallest absolute Gasteiger partial charge is 0.394 e. The fourth-order valence-electron chi connectivity index (χ4n) is 9.87. The zero-order valence-electron chi connectivity index (χ0n) is 54.8. The molecule has 0 aromatic carbocycles. The Morgan fingerprint density at radius 3 is 0.800 bits per heavy atom.